The molecule has 0 radical (unpaired) electrons. The molecular formula is C14H13NO2. The van der Waals surface area contributed by atoms with Gasteiger partial charge in [0.2, 0.25) is 5.88 Å². The van der Waals surface area contributed by atoms with E-state index in [1.165, 1.54) is 7.11 Å². The Bertz CT molecular complexity index is 550. The van der Waals surface area contributed by atoms with E-state index in [-0.39, 0.29) is 0 Å². The van der Waals surface area contributed by atoms with Crippen LogP contribution in [0.3, 0.4) is 0 Å². The van der Waals surface area contributed by atoms with Crippen LogP contribution in [0.25, 0.3) is 11.1 Å². The summed E-state index contributed by atoms with van der Waals surface area (Å²) in [5.41, 5.74) is 3.55. The molecule has 0 saturated heterocycles. The number of aryl methyl sites for hydroxylation is 1. The van der Waals surface area contributed by atoms with Gasteiger partial charge >= 0.3 is 0 Å². The number of aldehydes is 1. The monoisotopic (exact) mass is 227 g/mol. The molecule has 0 bridgehead atoms. The lowest BCUT2D eigenvalue weighted by atomic mass is 10.0. The first-order valence-electron chi connectivity index (χ1n) is 5.31. The van der Waals surface area contributed by atoms with Crippen LogP contribution in [0.15, 0.2) is 36.5 Å². The zero-order valence-corrected chi connectivity index (χ0v) is 9.81. The molecule has 3 heteroatoms. The fourth-order valence-corrected chi connectivity index (χ4v) is 1.71. The molecule has 1 aromatic carbocycles. The van der Waals surface area contributed by atoms with E-state index >= 15 is 0 Å². The summed E-state index contributed by atoms with van der Waals surface area (Å²) in [5, 5.41) is 0. The van der Waals surface area contributed by atoms with Crippen molar-refractivity contribution in [3.8, 4) is 17.0 Å². The highest BCUT2D eigenvalue weighted by Gasteiger charge is 2.07. The first-order chi connectivity index (χ1) is 8.24. The SMILES string of the molecule is COc1cc(C=O)c(-c2cccc(C)c2)cn1. The van der Waals surface area contributed by atoms with E-state index < -0.39 is 0 Å². The average Bonchev–Trinajstić information content (AvgIpc) is 2.38. The zero-order valence-electron chi connectivity index (χ0n) is 9.81. The lowest BCUT2D eigenvalue weighted by Gasteiger charge is -2.07. The Morgan fingerprint density at radius 3 is 2.76 bits per heavy atom. The summed E-state index contributed by atoms with van der Waals surface area (Å²) in [5.74, 6) is 0.448. The highest BCUT2D eigenvalue weighted by Crippen LogP contribution is 2.25. The number of carbonyl (C=O) groups is 1. The molecule has 3 nitrogen and oxygen atoms in total. The topological polar surface area (TPSA) is 39.2 Å². The zero-order chi connectivity index (χ0) is 12.3. The molecule has 17 heavy (non-hydrogen) atoms. The number of benzene rings is 1. The predicted octanol–water partition coefficient (Wildman–Crippen LogP) is 2.88. The average molecular weight is 227 g/mol. The summed E-state index contributed by atoms with van der Waals surface area (Å²) in [6.45, 7) is 2.01. The third-order valence-corrected chi connectivity index (χ3v) is 2.58. The lowest BCUT2D eigenvalue weighted by molar-refractivity contribution is 0.112. The maximum absolute atomic E-state index is 11.1. The van der Waals surface area contributed by atoms with Crippen LogP contribution in [0.5, 0.6) is 5.88 Å². The van der Waals surface area contributed by atoms with Gasteiger partial charge in [-0.15, -0.1) is 0 Å². The van der Waals surface area contributed by atoms with Crippen LogP contribution < -0.4 is 4.74 Å². The first kappa shape index (κ1) is 11.3. The number of nitrogens with zero attached hydrogens (tertiary/aromatic N) is 1. The van der Waals surface area contributed by atoms with Gasteiger partial charge in [-0.3, -0.25) is 4.79 Å². The molecule has 0 spiro atoms. The van der Waals surface area contributed by atoms with Gasteiger partial charge in [-0.2, -0.15) is 0 Å². The summed E-state index contributed by atoms with van der Waals surface area (Å²) >= 11 is 0. The molecule has 0 amide bonds. The van der Waals surface area contributed by atoms with Crippen molar-refractivity contribution >= 4 is 6.29 Å². The Balaban J connectivity index is 2.55. The number of ether oxygens (including phenoxy) is 1. The van der Waals surface area contributed by atoms with Gasteiger partial charge in [-0.05, 0) is 12.5 Å². The van der Waals surface area contributed by atoms with Crippen molar-refractivity contribution in [2.75, 3.05) is 7.11 Å². The summed E-state index contributed by atoms with van der Waals surface area (Å²) < 4.78 is 5.00. The Kier molecular flexibility index (Phi) is 3.19. The highest BCUT2D eigenvalue weighted by atomic mass is 16.5. The van der Waals surface area contributed by atoms with Crippen molar-refractivity contribution in [2.45, 2.75) is 6.92 Å². The molecule has 0 aliphatic heterocycles. The van der Waals surface area contributed by atoms with E-state index in [2.05, 4.69) is 4.98 Å². The van der Waals surface area contributed by atoms with Crippen LogP contribution in [-0.2, 0) is 0 Å². The maximum atomic E-state index is 11.1. The van der Waals surface area contributed by atoms with E-state index in [4.69, 9.17) is 4.74 Å². The summed E-state index contributed by atoms with van der Waals surface area (Å²) in [4.78, 5) is 15.2. The van der Waals surface area contributed by atoms with Crippen LogP contribution in [0.2, 0.25) is 0 Å². The number of carbonyl (C=O) groups excluding carboxylic acids is 1. The van der Waals surface area contributed by atoms with Crippen LogP contribution in [0, 0.1) is 6.92 Å². The fourth-order valence-electron chi connectivity index (χ4n) is 1.71. The van der Waals surface area contributed by atoms with E-state index in [0.717, 1.165) is 23.0 Å². The molecule has 2 aromatic rings. The van der Waals surface area contributed by atoms with Crippen molar-refractivity contribution in [3.63, 3.8) is 0 Å². The quantitative estimate of drug-likeness (QED) is 0.757. The minimum absolute atomic E-state index is 0.448. The minimum atomic E-state index is 0.448. The minimum Gasteiger partial charge on any atom is -0.481 e. The summed E-state index contributed by atoms with van der Waals surface area (Å²) in [7, 11) is 1.53. The third kappa shape index (κ3) is 2.33. The number of methoxy groups -OCH3 is 1. The van der Waals surface area contributed by atoms with Crippen LogP contribution in [0.4, 0.5) is 0 Å². The van der Waals surface area contributed by atoms with Gasteiger partial charge in [0.1, 0.15) is 0 Å². The van der Waals surface area contributed by atoms with Crippen molar-refractivity contribution in [2.24, 2.45) is 0 Å². The maximum Gasteiger partial charge on any atom is 0.213 e. The normalized spacial score (nSPS) is 10.0. The lowest BCUT2D eigenvalue weighted by Crippen LogP contribution is -1.93. The van der Waals surface area contributed by atoms with Gasteiger partial charge in [0.25, 0.3) is 0 Å². The third-order valence-electron chi connectivity index (χ3n) is 2.58. The van der Waals surface area contributed by atoms with Gasteiger partial charge < -0.3 is 4.74 Å². The van der Waals surface area contributed by atoms with Gasteiger partial charge in [0.15, 0.2) is 6.29 Å². The van der Waals surface area contributed by atoms with E-state index in [1.807, 2.05) is 31.2 Å². The largest absolute Gasteiger partial charge is 0.481 e. The molecule has 0 atom stereocenters. The standard InChI is InChI=1S/C14H13NO2/c1-10-4-3-5-11(6-10)13-8-15-14(17-2)7-12(13)9-16/h3-9H,1-2H3. The van der Waals surface area contributed by atoms with Crippen LogP contribution >= 0.6 is 0 Å². The van der Waals surface area contributed by atoms with Gasteiger partial charge in [0.05, 0.1) is 7.11 Å². The molecule has 86 valence electrons. The Labute approximate surface area is 100 Å². The Hall–Kier alpha value is -2.16. The number of rotatable bonds is 3. The van der Waals surface area contributed by atoms with E-state index in [9.17, 15) is 4.79 Å². The molecule has 0 aliphatic carbocycles. The summed E-state index contributed by atoms with van der Waals surface area (Å²) in [6.07, 6.45) is 2.49. The van der Waals surface area contributed by atoms with Crippen LogP contribution in [-0.4, -0.2) is 18.4 Å². The summed E-state index contributed by atoms with van der Waals surface area (Å²) in [6, 6.07) is 9.61. The van der Waals surface area contributed by atoms with Gasteiger partial charge in [0, 0.05) is 23.4 Å². The molecule has 0 unspecified atom stereocenters. The van der Waals surface area contributed by atoms with Gasteiger partial charge in [-0.1, -0.05) is 29.8 Å². The van der Waals surface area contributed by atoms with Crippen molar-refractivity contribution in [1.29, 1.82) is 0 Å². The molecule has 1 aromatic heterocycles. The molecule has 2 rings (SSSR count). The van der Waals surface area contributed by atoms with E-state index in [0.29, 0.717) is 11.4 Å². The Morgan fingerprint density at radius 1 is 1.29 bits per heavy atom. The fraction of sp³-hybridized carbons (Fsp3) is 0.143. The molecule has 0 aliphatic rings. The first-order valence-corrected chi connectivity index (χ1v) is 5.31. The second-order valence-electron chi connectivity index (χ2n) is 3.80. The number of pyridine rings is 1. The van der Waals surface area contributed by atoms with Gasteiger partial charge in [-0.25, -0.2) is 4.98 Å². The van der Waals surface area contributed by atoms with Crippen molar-refractivity contribution in [3.05, 3.63) is 47.7 Å². The van der Waals surface area contributed by atoms with Crippen LogP contribution in [0.1, 0.15) is 15.9 Å². The van der Waals surface area contributed by atoms with Crippen molar-refractivity contribution in [1.82, 2.24) is 4.98 Å². The van der Waals surface area contributed by atoms with Crippen molar-refractivity contribution < 1.29 is 9.53 Å². The molecule has 0 fully saturated rings. The molecule has 0 saturated carbocycles. The number of aromatic nitrogens is 1. The highest BCUT2D eigenvalue weighted by molar-refractivity contribution is 5.87. The molecular weight excluding hydrogens is 214 g/mol. The number of hydrogen-bond acceptors (Lipinski definition) is 3. The number of hydrogen-bond donors (Lipinski definition) is 0. The molecule has 0 N–H and O–H groups in total. The smallest absolute Gasteiger partial charge is 0.213 e. The Morgan fingerprint density at radius 2 is 2.12 bits per heavy atom. The predicted molar refractivity (Wildman–Crippen MR) is 66.3 cm³/mol. The van der Waals surface area contributed by atoms with E-state index in [1.54, 1.807) is 12.3 Å². The molecule has 1 heterocycles. The second-order valence-corrected chi connectivity index (χ2v) is 3.80. The second kappa shape index (κ2) is 4.78.